The van der Waals surface area contributed by atoms with Gasteiger partial charge >= 0.3 is 0 Å². The third-order valence-electron chi connectivity index (χ3n) is 4.56. The Kier molecular flexibility index (Phi) is 4.75. The molecule has 2 saturated heterocycles. The van der Waals surface area contributed by atoms with E-state index in [1.54, 1.807) is 18.6 Å². The van der Waals surface area contributed by atoms with Crippen LogP contribution in [0.2, 0.25) is 0 Å². The van der Waals surface area contributed by atoms with Gasteiger partial charge in [0.1, 0.15) is 11.9 Å². The number of ether oxygens (including phenoxy) is 1. The molecule has 26 heavy (non-hydrogen) atoms. The van der Waals surface area contributed by atoms with Crippen molar-refractivity contribution in [3.63, 3.8) is 0 Å². The summed E-state index contributed by atoms with van der Waals surface area (Å²) in [6, 6.07) is 4.23. The molecular weight excluding hydrogens is 332 g/mol. The Balaban J connectivity index is 1.42. The Morgan fingerprint density at radius 3 is 2.77 bits per heavy atom. The van der Waals surface area contributed by atoms with Crippen molar-refractivity contribution in [1.82, 2.24) is 19.9 Å². The molecule has 0 spiro atoms. The number of nitrogens with zero attached hydrogens (tertiary/aromatic N) is 7. The molecule has 4 rings (SSSR count). The summed E-state index contributed by atoms with van der Waals surface area (Å²) in [5.74, 6) is 2.19. The number of morpholine rings is 1. The van der Waals surface area contributed by atoms with E-state index in [1.165, 1.54) is 0 Å². The summed E-state index contributed by atoms with van der Waals surface area (Å²) in [7, 11) is 0. The molecule has 134 valence electrons. The summed E-state index contributed by atoms with van der Waals surface area (Å²) in [5, 5.41) is 12.7. The number of nitrogens with one attached hydrogen (secondary N) is 1. The molecule has 1 N–H and O–H groups in total. The van der Waals surface area contributed by atoms with Crippen molar-refractivity contribution in [2.45, 2.75) is 12.5 Å². The number of rotatable bonds is 4. The molecule has 2 aliphatic rings. The Morgan fingerprint density at radius 2 is 1.92 bits per heavy atom. The molecule has 2 aromatic rings. The molecule has 0 amide bonds. The van der Waals surface area contributed by atoms with Crippen LogP contribution in [0.5, 0.6) is 0 Å². The summed E-state index contributed by atoms with van der Waals surface area (Å²) < 4.78 is 5.38. The van der Waals surface area contributed by atoms with Crippen LogP contribution >= 0.6 is 0 Å². The zero-order valence-corrected chi connectivity index (χ0v) is 14.4. The zero-order valence-electron chi connectivity index (χ0n) is 14.4. The van der Waals surface area contributed by atoms with E-state index in [0.29, 0.717) is 24.7 Å². The van der Waals surface area contributed by atoms with E-state index >= 15 is 0 Å². The average Bonchev–Trinajstić information content (AvgIpc) is 3.17. The molecule has 2 aliphatic heterocycles. The van der Waals surface area contributed by atoms with E-state index in [0.717, 1.165) is 44.4 Å². The van der Waals surface area contributed by atoms with Crippen LogP contribution in [0, 0.1) is 11.3 Å². The fraction of sp³-hybridized carbons (Fsp3) is 0.471. The van der Waals surface area contributed by atoms with Gasteiger partial charge in [-0.2, -0.15) is 10.2 Å². The van der Waals surface area contributed by atoms with E-state index in [1.807, 2.05) is 6.07 Å². The lowest BCUT2D eigenvalue weighted by Crippen LogP contribution is -2.37. The van der Waals surface area contributed by atoms with Crippen molar-refractivity contribution in [2.75, 3.05) is 54.5 Å². The number of nitriles is 1. The molecule has 1 unspecified atom stereocenters. The van der Waals surface area contributed by atoms with Gasteiger partial charge in [0.2, 0.25) is 5.95 Å². The van der Waals surface area contributed by atoms with Crippen LogP contribution in [0.15, 0.2) is 24.7 Å². The van der Waals surface area contributed by atoms with Crippen molar-refractivity contribution >= 4 is 17.6 Å². The van der Waals surface area contributed by atoms with Crippen LogP contribution in [0.3, 0.4) is 0 Å². The maximum atomic E-state index is 9.21. The van der Waals surface area contributed by atoms with Gasteiger partial charge in [0.15, 0.2) is 11.5 Å². The lowest BCUT2D eigenvalue weighted by Gasteiger charge is -2.27. The van der Waals surface area contributed by atoms with Crippen LogP contribution in [-0.4, -0.2) is 65.4 Å². The quantitative estimate of drug-likeness (QED) is 0.850. The van der Waals surface area contributed by atoms with Crippen LogP contribution in [0.25, 0.3) is 0 Å². The molecule has 9 nitrogen and oxygen atoms in total. The first-order chi connectivity index (χ1) is 12.8. The summed E-state index contributed by atoms with van der Waals surface area (Å²) in [4.78, 5) is 21.7. The Bertz CT molecular complexity index is 801. The Hall–Kier alpha value is -2.99. The predicted molar refractivity (Wildman–Crippen MR) is 96.1 cm³/mol. The van der Waals surface area contributed by atoms with E-state index in [9.17, 15) is 5.26 Å². The Morgan fingerprint density at radius 1 is 1.08 bits per heavy atom. The van der Waals surface area contributed by atoms with Gasteiger partial charge < -0.3 is 19.9 Å². The van der Waals surface area contributed by atoms with Crippen molar-refractivity contribution in [2.24, 2.45) is 0 Å². The lowest BCUT2D eigenvalue weighted by molar-refractivity contribution is 0.122. The first kappa shape index (κ1) is 16.5. The van der Waals surface area contributed by atoms with E-state index in [4.69, 9.17) is 4.74 Å². The van der Waals surface area contributed by atoms with E-state index < -0.39 is 0 Å². The van der Waals surface area contributed by atoms with Gasteiger partial charge in [-0.05, 0) is 12.5 Å². The molecule has 2 aromatic heterocycles. The molecule has 0 radical (unpaired) electrons. The average molecular weight is 352 g/mol. The van der Waals surface area contributed by atoms with Gasteiger partial charge in [-0.15, -0.1) is 0 Å². The third kappa shape index (κ3) is 3.50. The number of aromatic nitrogens is 4. The molecule has 9 heteroatoms. The summed E-state index contributed by atoms with van der Waals surface area (Å²) in [6.45, 7) is 4.61. The van der Waals surface area contributed by atoms with Crippen molar-refractivity contribution in [3.05, 3.63) is 30.4 Å². The molecule has 0 aliphatic carbocycles. The van der Waals surface area contributed by atoms with Crippen molar-refractivity contribution < 1.29 is 4.74 Å². The highest BCUT2D eigenvalue weighted by molar-refractivity contribution is 5.51. The fourth-order valence-corrected chi connectivity index (χ4v) is 3.27. The molecule has 1 atom stereocenters. The normalized spacial score (nSPS) is 20.0. The summed E-state index contributed by atoms with van der Waals surface area (Å²) in [6.07, 6.45) is 5.89. The molecule has 0 saturated carbocycles. The fourth-order valence-electron chi connectivity index (χ4n) is 3.27. The SMILES string of the molecule is N#Cc1nccnc1N1CCC(Nc2ccnc(N3CCOCC3)n2)C1. The van der Waals surface area contributed by atoms with Crippen LogP contribution < -0.4 is 15.1 Å². The minimum atomic E-state index is 0.232. The monoisotopic (exact) mass is 352 g/mol. The molecule has 2 fully saturated rings. The maximum absolute atomic E-state index is 9.21. The van der Waals surface area contributed by atoms with Gasteiger partial charge in [-0.3, -0.25) is 0 Å². The van der Waals surface area contributed by atoms with E-state index in [-0.39, 0.29) is 6.04 Å². The Labute approximate surface area is 151 Å². The van der Waals surface area contributed by atoms with Crippen LogP contribution in [0.1, 0.15) is 12.1 Å². The number of hydrogen-bond donors (Lipinski definition) is 1. The summed E-state index contributed by atoms with van der Waals surface area (Å²) >= 11 is 0. The largest absolute Gasteiger partial charge is 0.378 e. The van der Waals surface area contributed by atoms with Gasteiger partial charge in [0.25, 0.3) is 0 Å². The molecule has 0 aromatic carbocycles. The number of anilines is 3. The predicted octanol–water partition coefficient (Wildman–Crippen LogP) is 0.666. The van der Waals surface area contributed by atoms with Crippen molar-refractivity contribution in [3.8, 4) is 6.07 Å². The first-order valence-corrected chi connectivity index (χ1v) is 8.72. The highest BCUT2D eigenvalue weighted by Crippen LogP contribution is 2.22. The van der Waals surface area contributed by atoms with Crippen LogP contribution in [0.4, 0.5) is 17.6 Å². The van der Waals surface area contributed by atoms with Gasteiger partial charge in [0.05, 0.1) is 13.2 Å². The topological polar surface area (TPSA) is 103 Å². The zero-order chi connectivity index (χ0) is 17.8. The highest BCUT2D eigenvalue weighted by atomic mass is 16.5. The number of hydrogen-bond acceptors (Lipinski definition) is 9. The molecule has 4 heterocycles. The van der Waals surface area contributed by atoms with Crippen molar-refractivity contribution in [1.29, 1.82) is 5.26 Å². The van der Waals surface area contributed by atoms with Gasteiger partial charge in [-0.25, -0.2) is 15.0 Å². The molecule has 0 bridgehead atoms. The van der Waals surface area contributed by atoms with Gasteiger partial charge in [0, 0.05) is 50.8 Å². The second-order valence-corrected chi connectivity index (χ2v) is 6.26. The first-order valence-electron chi connectivity index (χ1n) is 8.72. The summed E-state index contributed by atoms with van der Waals surface area (Å²) in [5.41, 5.74) is 0.366. The third-order valence-corrected chi connectivity index (χ3v) is 4.56. The van der Waals surface area contributed by atoms with Crippen LogP contribution in [-0.2, 0) is 4.74 Å². The maximum Gasteiger partial charge on any atom is 0.227 e. The lowest BCUT2D eigenvalue weighted by atomic mass is 10.2. The molecular formula is C17H20N8O. The van der Waals surface area contributed by atoms with E-state index in [2.05, 4.69) is 41.1 Å². The second-order valence-electron chi connectivity index (χ2n) is 6.26. The van der Waals surface area contributed by atoms with Gasteiger partial charge in [-0.1, -0.05) is 0 Å². The highest BCUT2D eigenvalue weighted by Gasteiger charge is 2.26. The minimum Gasteiger partial charge on any atom is -0.378 e. The standard InChI is InChI=1S/C17H20N8O/c18-11-14-16(20-5-4-19-14)25-6-2-13(12-25)22-15-1-3-21-17(23-15)24-7-9-26-10-8-24/h1,3-5,13H,2,6-10,12H2,(H,21,22,23). The second kappa shape index (κ2) is 7.49. The smallest absolute Gasteiger partial charge is 0.227 e. The minimum absolute atomic E-state index is 0.232.